The molecule has 142 valence electrons. The second kappa shape index (κ2) is 8.60. The summed E-state index contributed by atoms with van der Waals surface area (Å²) in [5.74, 6) is 1.74. The van der Waals surface area contributed by atoms with Gasteiger partial charge in [0.05, 0.1) is 11.9 Å². The molecule has 0 aromatic carbocycles. The standard InChI is InChI=1S/C17H29N3O4S/c1-23-12-9-16-18-17(24-19-16)13-14-7-10-20(11-8-14)25(21,22)15-5-3-2-4-6-15/h14-15H,2-13H2,1H3. The van der Waals surface area contributed by atoms with Crippen LogP contribution in [0.5, 0.6) is 0 Å². The van der Waals surface area contributed by atoms with E-state index in [1.54, 1.807) is 11.4 Å². The maximum atomic E-state index is 12.8. The first-order valence-electron chi connectivity index (χ1n) is 9.39. The van der Waals surface area contributed by atoms with Gasteiger partial charge in [0, 0.05) is 33.0 Å². The number of piperidine rings is 1. The van der Waals surface area contributed by atoms with Crippen LogP contribution in [0.1, 0.15) is 56.7 Å². The molecule has 2 aliphatic rings. The summed E-state index contributed by atoms with van der Waals surface area (Å²) in [6.07, 6.45) is 8.03. The second-order valence-electron chi connectivity index (χ2n) is 7.20. The maximum Gasteiger partial charge on any atom is 0.226 e. The zero-order valence-corrected chi connectivity index (χ0v) is 15.8. The van der Waals surface area contributed by atoms with E-state index in [2.05, 4.69) is 10.1 Å². The van der Waals surface area contributed by atoms with Gasteiger partial charge < -0.3 is 9.26 Å². The lowest BCUT2D eigenvalue weighted by Gasteiger charge is -2.34. The molecule has 1 aromatic rings. The average molecular weight is 372 g/mol. The van der Waals surface area contributed by atoms with Crippen LogP contribution >= 0.6 is 0 Å². The van der Waals surface area contributed by atoms with Crippen molar-refractivity contribution in [1.82, 2.24) is 14.4 Å². The molecule has 0 unspecified atom stereocenters. The fourth-order valence-electron chi connectivity index (χ4n) is 3.86. The van der Waals surface area contributed by atoms with Crippen LogP contribution in [0.2, 0.25) is 0 Å². The minimum atomic E-state index is -3.12. The summed E-state index contributed by atoms with van der Waals surface area (Å²) >= 11 is 0. The Kier molecular flexibility index (Phi) is 6.46. The van der Waals surface area contributed by atoms with Crippen molar-refractivity contribution in [2.24, 2.45) is 5.92 Å². The maximum absolute atomic E-state index is 12.8. The number of methoxy groups -OCH3 is 1. The molecule has 0 amide bonds. The average Bonchev–Trinajstić information content (AvgIpc) is 3.08. The van der Waals surface area contributed by atoms with E-state index in [0.717, 1.165) is 44.9 Å². The SMILES string of the molecule is COCCc1noc(CC2CCN(S(=O)(=O)C3CCCCC3)CC2)n1. The van der Waals surface area contributed by atoms with Gasteiger partial charge >= 0.3 is 0 Å². The predicted octanol–water partition coefficient (Wildman–Crippen LogP) is 2.18. The molecular weight excluding hydrogens is 342 g/mol. The van der Waals surface area contributed by atoms with Crippen molar-refractivity contribution in [2.45, 2.75) is 63.0 Å². The van der Waals surface area contributed by atoms with Crippen molar-refractivity contribution in [2.75, 3.05) is 26.8 Å². The Hall–Kier alpha value is -0.990. The zero-order valence-electron chi connectivity index (χ0n) is 15.0. The van der Waals surface area contributed by atoms with Crippen LogP contribution in [0.4, 0.5) is 0 Å². The Morgan fingerprint density at radius 1 is 1.16 bits per heavy atom. The molecule has 0 radical (unpaired) electrons. The summed E-state index contributed by atoms with van der Waals surface area (Å²) in [4.78, 5) is 4.39. The van der Waals surface area contributed by atoms with Gasteiger partial charge in [-0.05, 0) is 31.6 Å². The first-order valence-corrected chi connectivity index (χ1v) is 10.9. The van der Waals surface area contributed by atoms with E-state index < -0.39 is 10.0 Å². The normalized spacial score (nSPS) is 21.6. The van der Waals surface area contributed by atoms with Crippen molar-refractivity contribution >= 4 is 10.0 Å². The lowest BCUT2D eigenvalue weighted by molar-refractivity contribution is 0.199. The molecule has 0 N–H and O–H groups in total. The van der Waals surface area contributed by atoms with Crippen LogP contribution in [0.3, 0.4) is 0 Å². The number of hydrogen-bond donors (Lipinski definition) is 0. The summed E-state index contributed by atoms with van der Waals surface area (Å²) in [5.41, 5.74) is 0. The molecular formula is C17H29N3O4S. The lowest BCUT2D eigenvalue weighted by atomic mass is 9.95. The molecule has 1 saturated heterocycles. The predicted molar refractivity (Wildman–Crippen MR) is 93.7 cm³/mol. The van der Waals surface area contributed by atoms with Crippen molar-refractivity contribution in [3.05, 3.63) is 11.7 Å². The van der Waals surface area contributed by atoms with Crippen LogP contribution in [0.25, 0.3) is 0 Å². The topological polar surface area (TPSA) is 85.5 Å². The highest BCUT2D eigenvalue weighted by Crippen LogP contribution is 2.29. The molecule has 25 heavy (non-hydrogen) atoms. The van der Waals surface area contributed by atoms with E-state index in [1.807, 2.05) is 0 Å². The first-order chi connectivity index (χ1) is 12.1. The molecule has 2 fully saturated rings. The quantitative estimate of drug-likeness (QED) is 0.730. The van der Waals surface area contributed by atoms with E-state index in [9.17, 15) is 8.42 Å². The molecule has 1 aliphatic heterocycles. The van der Waals surface area contributed by atoms with Crippen molar-refractivity contribution in [3.8, 4) is 0 Å². The first kappa shape index (κ1) is 18.8. The van der Waals surface area contributed by atoms with Gasteiger partial charge in [-0.15, -0.1) is 0 Å². The Balaban J connectivity index is 1.49. The lowest BCUT2D eigenvalue weighted by Crippen LogP contribution is -2.44. The van der Waals surface area contributed by atoms with E-state index in [-0.39, 0.29) is 5.25 Å². The van der Waals surface area contributed by atoms with Gasteiger partial charge in [0.1, 0.15) is 0 Å². The summed E-state index contributed by atoms with van der Waals surface area (Å²) in [6.45, 7) is 1.82. The van der Waals surface area contributed by atoms with Gasteiger partial charge in [0.25, 0.3) is 0 Å². The molecule has 8 heteroatoms. The molecule has 2 heterocycles. The smallest absolute Gasteiger partial charge is 0.226 e. The number of hydrogen-bond acceptors (Lipinski definition) is 6. The number of aromatic nitrogens is 2. The van der Waals surface area contributed by atoms with Crippen LogP contribution < -0.4 is 0 Å². The van der Waals surface area contributed by atoms with Gasteiger partial charge in [-0.25, -0.2) is 12.7 Å². The molecule has 1 aliphatic carbocycles. The van der Waals surface area contributed by atoms with Crippen molar-refractivity contribution in [3.63, 3.8) is 0 Å². The number of sulfonamides is 1. The highest BCUT2D eigenvalue weighted by atomic mass is 32.2. The van der Waals surface area contributed by atoms with Gasteiger partial charge in [-0.2, -0.15) is 4.98 Å². The van der Waals surface area contributed by atoms with E-state index in [0.29, 0.717) is 43.8 Å². The third-order valence-corrected chi connectivity index (χ3v) is 7.81. The Labute approximate surface area is 150 Å². The summed E-state index contributed by atoms with van der Waals surface area (Å²) in [6, 6.07) is 0. The van der Waals surface area contributed by atoms with Crippen LogP contribution in [0.15, 0.2) is 4.52 Å². The van der Waals surface area contributed by atoms with Crippen molar-refractivity contribution in [1.29, 1.82) is 0 Å². The fourth-order valence-corrected chi connectivity index (χ4v) is 5.93. The largest absolute Gasteiger partial charge is 0.384 e. The minimum Gasteiger partial charge on any atom is -0.384 e. The van der Waals surface area contributed by atoms with E-state index in [4.69, 9.17) is 9.26 Å². The highest BCUT2D eigenvalue weighted by Gasteiger charge is 2.35. The molecule has 7 nitrogen and oxygen atoms in total. The van der Waals surface area contributed by atoms with Gasteiger partial charge in [-0.3, -0.25) is 0 Å². The summed E-state index contributed by atoms with van der Waals surface area (Å²) in [7, 11) is -1.47. The summed E-state index contributed by atoms with van der Waals surface area (Å²) < 4.78 is 37.6. The van der Waals surface area contributed by atoms with Crippen LogP contribution in [0, 0.1) is 5.92 Å². The second-order valence-corrected chi connectivity index (χ2v) is 9.41. The van der Waals surface area contributed by atoms with Crippen molar-refractivity contribution < 1.29 is 17.7 Å². The van der Waals surface area contributed by atoms with Crippen LogP contribution in [-0.4, -0.2) is 54.9 Å². The molecule has 1 saturated carbocycles. The highest BCUT2D eigenvalue weighted by molar-refractivity contribution is 7.89. The minimum absolute atomic E-state index is 0.155. The van der Waals surface area contributed by atoms with Gasteiger partial charge in [-0.1, -0.05) is 24.4 Å². The zero-order chi connectivity index (χ0) is 17.7. The monoisotopic (exact) mass is 371 g/mol. The number of rotatable bonds is 7. The third-order valence-electron chi connectivity index (χ3n) is 5.41. The number of nitrogens with zero attached hydrogens (tertiary/aromatic N) is 3. The Morgan fingerprint density at radius 2 is 1.88 bits per heavy atom. The van der Waals surface area contributed by atoms with E-state index in [1.165, 1.54) is 6.42 Å². The molecule has 1 aromatic heterocycles. The molecule has 0 spiro atoms. The van der Waals surface area contributed by atoms with E-state index >= 15 is 0 Å². The third kappa shape index (κ3) is 4.80. The molecule has 3 rings (SSSR count). The van der Waals surface area contributed by atoms with Gasteiger partial charge in [0.15, 0.2) is 5.82 Å². The number of ether oxygens (including phenoxy) is 1. The van der Waals surface area contributed by atoms with Crippen LogP contribution in [-0.2, 0) is 27.6 Å². The molecule has 0 atom stereocenters. The van der Waals surface area contributed by atoms with Gasteiger partial charge in [0.2, 0.25) is 15.9 Å². The fraction of sp³-hybridized carbons (Fsp3) is 0.882. The summed E-state index contributed by atoms with van der Waals surface area (Å²) in [5, 5.41) is 3.81. The Bertz CT molecular complexity index is 632. The Morgan fingerprint density at radius 3 is 2.56 bits per heavy atom. The molecule has 0 bridgehead atoms.